The van der Waals surface area contributed by atoms with Crippen molar-refractivity contribution < 1.29 is 9.18 Å². The van der Waals surface area contributed by atoms with Gasteiger partial charge in [0, 0.05) is 12.2 Å². The molecule has 2 aromatic rings. The Labute approximate surface area is 122 Å². The highest BCUT2D eigenvalue weighted by Gasteiger charge is 2.28. The molecular weight excluding hydrogens is 269 g/mol. The van der Waals surface area contributed by atoms with Crippen LogP contribution in [0.5, 0.6) is 0 Å². The maximum atomic E-state index is 13.4. The first-order valence-electron chi connectivity index (χ1n) is 6.87. The highest BCUT2D eigenvalue weighted by Crippen LogP contribution is 2.31. The smallest absolute Gasteiger partial charge is 0.262 e. The molecule has 2 N–H and O–H groups in total. The molecule has 1 amide bonds. The van der Waals surface area contributed by atoms with E-state index in [0.29, 0.717) is 12.5 Å². The quantitative estimate of drug-likeness (QED) is 0.876. The Balaban J connectivity index is 2.04. The lowest BCUT2D eigenvalue weighted by Crippen LogP contribution is -2.39. The van der Waals surface area contributed by atoms with Gasteiger partial charge in [-0.15, -0.1) is 0 Å². The van der Waals surface area contributed by atoms with Crippen molar-refractivity contribution in [2.45, 2.75) is 13.3 Å². The highest BCUT2D eigenvalue weighted by molar-refractivity contribution is 6.09. The molecule has 1 aliphatic heterocycles. The number of halogens is 1. The van der Waals surface area contributed by atoms with Crippen molar-refractivity contribution >= 4 is 17.4 Å². The summed E-state index contributed by atoms with van der Waals surface area (Å²) < 4.78 is 13.4. The van der Waals surface area contributed by atoms with E-state index < -0.39 is 5.82 Å². The van der Waals surface area contributed by atoms with Crippen LogP contribution >= 0.6 is 0 Å². The maximum Gasteiger partial charge on any atom is 0.262 e. The van der Waals surface area contributed by atoms with Crippen molar-refractivity contribution in [1.29, 1.82) is 0 Å². The molecule has 3 rings (SSSR count). The van der Waals surface area contributed by atoms with E-state index in [-0.39, 0.29) is 17.3 Å². The number of hydrogen-bond donors (Lipinski definition) is 1. The third-order valence-electron chi connectivity index (χ3n) is 3.71. The summed E-state index contributed by atoms with van der Waals surface area (Å²) in [7, 11) is 0. The Morgan fingerprint density at radius 2 is 2.19 bits per heavy atom. The number of benzene rings is 1. The number of rotatable bonds is 1. The number of nitrogen functional groups attached to an aromatic ring is 1. The van der Waals surface area contributed by atoms with Gasteiger partial charge in [0.15, 0.2) is 0 Å². The Morgan fingerprint density at radius 1 is 1.43 bits per heavy atom. The summed E-state index contributed by atoms with van der Waals surface area (Å²) >= 11 is 0. The predicted octanol–water partition coefficient (Wildman–Crippen LogP) is 2.64. The van der Waals surface area contributed by atoms with Crippen LogP contribution in [0.25, 0.3) is 0 Å². The number of amides is 1. The average Bonchev–Trinajstić information content (AvgIpc) is 2.48. The summed E-state index contributed by atoms with van der Waals surface area (Å²) in [6.45, 7) is 2.68. The van der Waals surface area contributed by atoms with E-state index >= 15 is 0 Å². The van der Waals surface area contributed by atoms with E-state index in [1.54, 1.807) is 4.90 Å². The molecule has 1 aliphatic rings. The summed E-state index contributed by atoms with van der Waals surface area (Å²) in [6.07, 6.45) is 1.94. The number of fused-ring (bicyclic) bond motifs is 1. The van der Waals surface area contributed by atoms with Gasteiger partial charge in [-0.2, -0.15) is 0 Å². The van der Waals surface area contributed by atoms with Gasteiger partial charge in [0.2, 0.25) is 0 Å². The Hall–Kier alpha value is -2.43. The van der Waals surface area contributed by atoms with Crippen LogP contribution < -0.4 is 10.6 Å². The fraction of sp³-hybridized carbons (Fsp3) is 0.250. The molecular formula is C16H16FN3O. The zero-order valence-electron chi connectivity index (χ0n) is 11.7. The molecule has 2 heterocycles. The van der Waals surface area contributed by atoms with Crippen molar-refractivity contribution in [3.63, 3.8) is 0 Å². The molecule has 1 aromatic heterocycles. The molecule has 0 saturated carbocycles. The number of para-hydroxylation sites is 1. The molecule has 5 heteroatoms. The Morgan fingerprint density at radius 3 is 3.00 bits per heavy atom. The van der Waals surface area contributed by atoms with E-state index in [1.165, 1.54) is 0 Å². The summed E-state index contributed by atoms with van der Waals surface area (Å²) in [4.78, 5) is 18.1. The van der Waals surface area contributed by atoms with Crippen LogP contribution in [0.4, 0.5) is 15.9 Å². The van der Waals surface area contributed by atoms with E-state index in [2.05, 4.69) is 11.9 Å². The molecule has 4 nitrogen and oxygen atoms in total. The molecule has 108 valence electrons. The van der Waals surface area contributed by atoms with Gasteiger partial charge in [0.1, 0.15) is 11.6 Å². The lowest BCUT2D eigenvalue weighted by molar-refractivity contribution is 0.0981. The molecule has 0 radical (unpaired) electrons. The van der Waals surface area contributed by atoms with E-state index in [9.17, 15) is 9.18 Å². The second kappa shape index (κ2) is 5.16. The summed E-state index contributed by atoms with van der Waals surface area (Å²) in [5.41, 5.74) is 7.82. The van der Waals surface area contributed by atoms with Gasteiger partial charge in [-0.1, -0.05) is 25.1 Å². The lowest BCUT2D eigenvalue weighted by Gasteiger charge is -2.33. The lowest BCUT2D eigenvalue weighted by atomic mass is 9.93. The van der Waals surface area contributed by atoms with Crippen molar-refractivity contribution in [2.75, 3.05) is 17.2 Å². The van der Waals surface area contributed by atoms with Gasteiger partial charge in [-0.25, -0.2) is 9.37 Å². The first-order chi connectivity index (χ1) is 10.1. The largest absolute Gasteiger partial charge is 0.383 e. The average molecular weight is 285 g/mol. The number of anilines is 2. The zero-order valence-corrected chi connectivity index (χ0v) is 11.7. The molecule has 0 saturated heterocycles. The minimum atomic E-state index is -0.564. The number of carbonyl (C=O) groups is 1. The minimum absolute atomic E-state index is 0.0529. The van der Waals surface area contributed by atoms with Gasteiger partial charge in [-0.3, -0.25) is 4.79 Å². The number of carbonyl (C=O) groups excluding carboxylic acids is 1. The molecule has 1 unspecified atom stereocenters. The monoisotopic (exact) mass is 285 g/mol. The van der Waals surface area contributed by atoms with Gasteiger partial charge in [-0.05, 0) is 30.0 Å². The fourth-order valence-electron chi connectivity index (χ4n) is 2.76. The first kappa shape index (κ1) is 13.5. The number of hydrogen-bond acceptors (Lipinski definition) is 3. The third kappa shape index (κ3) is 2.46. The highest BCUT2D eigenvalue weighted by atomic mass is 19.1. The second-order valence-electron chi connectivity index (χ2n) is 5.44. The van der Waals surface area contributed by atoms with E-state index in [0.717, 1.165) is 29.9 Å². The van der Waals surface area contributed by atoms with Crippen LogP contribution in [-0.2, 0) is 6.42 Å². The van der Waals surface area contributed by atoms with Crippen LogP contribution in [0.15, 0.2) is 36.5 Å². The van der Waals surface area contributed by atoms with Crippen molar-refractivity contribution in [2.24, 2.45) is 5.92 Å². The molecule has 1 aromatic carbocycles. The molecule has 0 bridgehead atoms. The molecule has 0 fully saturated rings. The SMILES string of the molecule is CC1Cc2ccccc2N(C(=O)c2cc(F)cnc2N)C1. The second-order valence-corrected chi connectivity index (χ2v) is 5.44. The molecule has 0 spiro atoms. The summed E-state index contributed by atoms with van der Waals surface area (Å²) in [5, 5.41) is 0. The number of aromatic nitrogens is 1. The van der Waals surface area contributed by atoms with Crippen LogP contribution in [0.2, 0.25) is 0 Å². The van der Waals surface area contributed by atoms with Crippen LogP contribution in [0.3, 0.4) is 0 Å². The van der Waals surface area contributed by atoms with Crippen molar-refractivity contribution in [1.82, 2.24) is 4.98 Å². The molecule has 1 atom stereocenters. The van der Waals surface area contributed by atoms with Gasteiger partial charge in [0.25, 0.3) is 5.91 Å². The Bertz CT molecular complexity index is 702. The number of pyridine rings is 1. The number of nitrogens with two attached hydrogens (primary N) is 1. The van der Waals surface area contributed by atoms with Gasteiger partial charge < -0.3 is 10.6 Å². The standard InChI is InChI=1S/C16H16FN3O/c1-10-6-11-4-2-3-5-14(11)20(9-10)16(21)13-7-12(17)8-19-15(13)18/h2-5,7-8,10H,6,9H2,1H3,(H2,18,19). The number of nitrogens with zero attached hydrogens (tertiary/aromatic N) is 2. The predicted molar refractivity (Wildman–Crippen MR) is 79.6 cm³/mol. The van der Waals surface area contributed by atoms with Crippen LogP contribution in [0, 0.1) is 11.7 Å². The first-order valence-corrected chi connectivity index (χ1v) is 6.87. The van der Waals surface area contributed by atoms with Crippen LogP contribution in [-0.4, -0.2) is 17.4 Å². The summed E-state index contributed by atoms with van der Waals surface area (Å²) in [5.74, 6) is -0.479. The summed E-state index contributed by atoms with van der Waals surface area (Å²) in [6, 6.07) is 8.91. The van der Waals surface area contributed by atoms with Crippen molar-refractivity contribution in [3.8, 4) is 0 Å². The van der Waals surface area contributed by atoms with Crippen LogP contribution in [0.1, 0.15) is 22.8 Å². The molecule has 0 aliphatic carbocycles. The van der Waals surface area contributed by atoms with E-state index in [4.69, 9.17) is 5.73 Å². The third-order valence-corrected chi connectivity index (χ3v) is 3.71. The van der Waals surface area contributed by atoms with Gasteiger partial charge >= 0.3 is 0 Å². The van der Waals surface area contributed by atoms with Crippen molar-refractivity contribution in [3.05, 3.63) is 53.5 Å². The fourth-order valence-corrected chi connectivity index (χ4v) is 2.76. The Kier molecular flexibility index (Phi) is 3.33. The van der Waals surface area contributed by atoms with Gasteiger partial charge in [0.05, 0.1) is 11.8 Å². The topological polar surface area (TPSA) is 59.2 Å². The van der Waals surface area contributed by atoms with E-state index in [1.807, 2.05) is 24.3 Å². The maximum absolute atomic E-state index is 13.4. The zero-order chi connectivity index (χ0) is 15.0. The normalized spacial score (nSPS) is 17.4. The minimum Gasteiger partial charge on any atom is -0.383 e. The molecule has 21 heavy (non-hydrogen) atoms.